The molecule has 0 aliphatic rings. The molecule has 88 valence electrons. The van der Waals surface area contributed by atoms with Gasteiger partial charge in [-0.25, -0.2) is 0 Å². The molecule has 2 nitrogen and oxygen atoms in total. The van der Waals surface area contributed by atoms with Gasteiger partial charge in [-0.1, -0.05) is 35.3 Å². The molecule has 0 fully saturated rings. The average molecular weight is 267 g/mol. The zero-order valence-electron chi connectivity index (χ0n) is 9.88. The molecule has 0 aliphatic heterocycles. The van der Waals surface area contributed by atoms with E-state index in [9.17, 15) is 0 Å². The lowest BCUT2D eigenvalue weighted by molar-refractivity contribution is 1.00. The average Bonchev–Trinajstić information content (AvgIpc) is 2.30. The standard InChI is InChI=1S/C13H12Cl2N2/c1-7-4-5-10(6-11(7)14)12-8(2)9(3)13(15)17-16-12/h4-6H,1-3H3. The van der Waals surface area contributed by atoms with Crippen molar-refractivity contribution in [2.24, 2.45) is 0 Å². The van der Waals surface area contributed by atoms with Crippen LogP contribution >= 0.6 is 23.2 Å². The molecule has 0 amide bonds. The Labute approximate surface area is 111 Å². The van der Waals surface area contributed by atoms with Gasteiger partial charge >= 0.3 is 0 Å². The molecule has 1 aromatic heterocycles. The first-order valence-electron chi connectivity index (χ1n) is 5.26. The monoisotopic (exact) mass is 266 g/mol. The topological polar surface area (TPSA) is 25.8 Å². The summed E-state index contributed by atoms with van der Waals surface area (Å²) in [5, 5.41) is 9.26. The minimum absolute atomic E-state index is 0.449. The summed E-state index contributed by atoms with van der Waals surface area (Å²) >= 11 is 12.0. The van der Waals surface area contributed by atoms with Crippen LogP contribution < -0.4 is 0 Å². The molecule has 0 radical (unpaired) electrons. The summed E-state index contributed by atoms with van der Waals surface area (Å²) in [5.74, 6) is 0. The van der Waals surface area contributed by atoms with Gasteiger partial charge in [0.1, 0.15) is 0 Å². The van der Waals surface area contributed by atoms with Crippen molar-refractivity contribution in [3.63, 3.8) is 0 Å². The van der Waals surface area contributed by atoms with Crippen LogP contribution in [0.25, 0.3) is 11.3 Å². The fourth-order valence-corrected chi connectivity index (χ4v) is 1.95. The lowest BCUT2D eigenvalue weighted by Crippen LogP contribution is -1.96. The van der Waals surface area contributed by atoms with E-state index in [1.54, 1.807) is 0 Å². The molecule has 1 aromatic carbocycles. The molecule has 2 aromatic rings. The highest BCUT2D eigenvalue weighted by Gasteiger charge is 2.10. The van der Waals surface area contributed by atoms with E-state index in [2.05, 4.69) is 10.2 Å². The van der Waals surface area contributed by atoms with E-state index in [0.717, 1.165) is 33.0 Å². The SMILES string of the molecule is Cc1ccc(-c2nnc(Cl)c(C)c2C)cc1Cl. The van der Waals surface area contributed by atoms with Crippen molar-refractivity contribution >= 4 is 23.2 Å². The van der Waals surface area contributed by atoms with Gasteiger partial charge in [0.25, 0.3) is 0 Å². The number of benzene rings is 1. The van der Waals surface area contributed by atoms with Crippen molar-refractivity contribution in [2.45, 2.75) is 20.8 Å². The van der Waals surface area contributed by atoms with Crippen LogP contribution in [-0.4, -0.2) is 10.2 Å². The highest BCUT2D eigenvalue weighted by atomic mass is 35.5. The number of aromatic nitrogens is 2. The van der Waals surface area contributed by atoms with Crippen molar-refractivity contribution in [3.8, 4) is 11.3 Å². The van der Waals surface area contributed by atoms with Crippen LogP contribution in [0.5, 0.6) is 0 Å². The molecular weight excluding hydrogens is 255 g/mol. The Bertz CT molecular complexity index is 580. The summed E-state index contributed by atoms with van der Waals surface area (Å²) in [6, 6.07) is 5.87. The Kier molecular flexibility index (Phi) is 3.36. The minimum atomic E-state index is 0.449. The molecule has 0 N–H and O–H groups in total. The second-order valence-electron chi connectivity index (χ2n) is 4.05. The normalized spacial score (nSPS) is 10.6. The maximum atomic E-state index is 6.11. The molecule has 4 heteroatoms. The van der Waals surface area contributed by atoms with E-state index < -0.39 is 0 Å². The first kappa shape index (κ1) is 12.3. The fraction of sp³-hybridized carbons (Fsp3) is 0.231. The van der Waals surface area contributed by atoms with Crippen molar-refractivity contribution in [2.75, 3.05) is 0 Å². The Morgan fingerprint density at radius 3 is 2.29 bits per heavy atom. The van der Waals surface area contributed by atoms with Gasteiger partial charge in [-0.3, -0.25) is 0 Å². The number of aryl methyl sites for hydroxylation is 1. The molecule has 1 heterocycles. The maximum absolute atomic E-state index is 6.11. The predicted octanol–water partition coefficient (Wildman–Crippen LogP) is 4.38. The molecule has 0 atom stereocenters. The van der Waals surface area contributed by atoms with Crippen molar-refractivity contribution in [3.05, 3.63) is 45.1 Å². The van der Waals surface area contributed by atoms with E-state index in [1.807, 2.05) is 39.0 Å². The lowest BCUT2D eigenvalue weighted by atomic mass is 10.0. The largest absolute Gasteiger partial charge is 0.154 e. The number of halogens is 2. The summed E-state index contributed by atoms with van der Waals surface area (Å²) in [7, 11) is 0. The molecular formula is C13H12Cl2N2. The number of nitrogens with zero attached hydrogens (tertiary/aromatic N) is 2. The van der Waals surface area contributed by atoms with E-state index in [1.165, 1.54) is 0 Å². The van der Waals surface area contributed by atoms with Crippen molar-refractivity contribution < 1.29 is 0 Å². The zero-order chi connectivity index (χ0) is 12.6. The van der Waals surface area contributed by atoms with E-state index in [4.69, 9.17) is 23.2 Å². The smallest absolute Gasteiger partial charge is 0.149 e. The van der Waals surface area contributed by atoms with Gasteiger partial charge in [0.05, 0.1) is 5.69 Å². The van der Waals surface area contributed by atoms with Crippen LogP contribution in [0.1, 0.15) is 16.7 Å². The zero-order valence-corrected chi connectivity index (χ0v) is 11.4. The molecule has 0 spiro atoms. The first-order chi connectivity index (χ1) is 8.00. The number of rotatable bonds is 1. The maximum Gasteiger partial charge on any atom is 0.154 e. The number of hydrogen-bond acceptors (Lipinski definition) is 2. The third-order valence-electron chi connectivity index (χ3n) is 2.91. The summed E-state index contributed by atoms with van der Waals surface area (Å²) in [4.78, 5) is 0. The first-order valence-corrected chi connectivity index (χ1v) is 6.02. The third kappa shape index (κ3) is 2.28. The molecule has 17 heavy (non-hydrogen) atoms. The Balaban J connectivity index is 2.61. The van der Waals surface area contributed by atoms with Gasteiger partial charge in [0, 0.05) is 10.6 Å². The van der Waals surface area contributed by atoms with Crippen LogP contribution in [0.3, 0.4) is 0 Å². The van der Waals surface area contributed by atoms with Crippen LogP contribution in [0.4, 0.5) is 0 Å². The molecule has 2 rings (SSSR count). The number of hydrogen-bond donors (Lipinski definition) is 0. The molecule has 0 unspecified atom stereocenters. The van der Waals surface area contributed by atoms with Crippen LogP contribution in [0.2, 0.25) is 10.2 Å². The summed E-state index contributed by atoms with van der Waals surface area (Å²) in [6.45, 7) is 5.89. The lowest BCUT2D eigenvalue weighted by Gasteiger charge is -2.09. The Morgan fingerprint density at radius 1 is 0.941 bits per heavy atom. The van der Waals surface area contributed by atoms with Gasteiger partial charge in [0.2, 0.25) is 0 Å². The van der Waals surface area contributed by atoms with E-state index >= 15 is 0 Å². The van der Waals surface area contributed by atoms with Crippen LogP contribution in [-0.2, 0) is 0 Å². The van der Waals surface area contributed by atoms with Crippen molar-refractivity contribution in [1.82, 2.24) is 10.2 Å². The second-order valence-corrected chi connectivity index (χ2v) is 4.82. The van der Waals surface area contributed by atoms with Gasteiger partial charge < -0.3 is 0 Å². The second kappa shape index (κ2) is 4.63. The quantitative estimate of drug-likeness (QED) is 0.766. The highest BCUT2D eigenvalue weighted by molar-refractivity contribution is 6.31. The van der Waals surface area contributed by atoms with Gasteiger partial charge in [0.15, 0.2) is 5.15 Å². The van der Waals surface area contributed by atoms with Crippen molar-refractivity contribution in [1.29, 1.82) is 0 Å². The Morgan fingerprint density at radius 2 is 1.65 bits per heavy atom. The predicted molar refractivity (Wildman–Crippen MR) is 71.7 cm³/mol. The van der Waals surface area contributed by atoms with Gasteiger partial charge in [-0.2, -0.15) is 0 Å². The van der Waals surface area contributed by atoms with Crippen LogP contribution in [0.15, 0.2) is 18.2 Å². The molecule has 0 saturated carbocycles. The summed E-state index contributed by atoms with van der Waals surface area (Å²) in [6.07, 6.45) is 0. The molecule has 0 saturated heterocycles. The highest BCUT2D eigenvalue weighted by Crippen LogP contribution is 2.28. The van der Waals surface area contributed by atoms with Gasteiger partial charge in [-0.05, 0) is 43.5 Å². The van der Waals surface area contributed by atoms with E-state index in [0.29, 0.717) is 5.15 Å². The third-order valence-corrected chi connectivity index (χ3v) is 3.68. The van der Waals surface area contributed by atoms with E-state index in [-0.39, 0.29) is 0 Å². The molecule has 0 bridgehead atoms. The summed E-state index contributed by atoms with van der Waals surface area (Å²) < 4.78 is 0. The minimum Gasteiger partial charge on any atom is -0.149 e. The Hall–Kier alpha value is -1.12. The summed E-state index contributed by atoms with van der Waals surface area (Å²) in [5.41, 5.74) is 4.82. The fourth-order valence-electron chi connectivity index (χ4n) is 1.59. The molecule has 0 aliphatic carbocycles. The van der Waals surface area contributed by atoms with Gasteiger partial charge in [-0.15, -0.1) is 10.2 Å². The van der Waals surface area contributed by atoms with Crippen LogP contribution in [0, 0.1) is 20.8 Å².